The van der Waals surface area contributed by atoms with Gasteiger partial charge in [-0.05, 0) is 30.7 Å². The summed E-state index contributed by atoms with van der Waals surface area (Å²) in [5.74, 6) is -0.0761. The summed E-state index contributed by atoms with van der Waals surface area (Å²) in [4.78, 5) is 20.8. The van der Waals surface area contributed by atoms with Crippen LogP contribution in [0.2, 0.25) is 0 Å². The van der Waals surface area contributed by atoms with Crippen molar-refractivity contribution in [1.82, 2.24) is 19.9 Å². The number of amides is 1. The molecule has 0 spiro atoms. The second-order valence-electron chi connectivity index (χ2n) is 4.93. The molecule has 23 heavy (non-hydrogen) atoms. The van der Waals surface area contributed by atoms with Gasteiger partial charge in [-0.15, -0.1) is 0 Å². The predicted octanol–water partition coefficient (Wildman–Crippen LogP) is 3.21. The van der Waals surface area contributed by atoms with Crippen molar-refractivity contribution in [3.63, 3.8) is 0 Å². The molecule has 3 aromatic rings. The van der Waals surface area contributed by atoms with Crippen LogP contribution in [0.25, 0.3) is 5.69 Å². The van der Waals surface area contributed by atoms with E-state index in [1.165, 1.54) is 11.3 Å². The molecule has 118 valence electrons. The molecule has 0 saturated carbocycles. The molecule has 0 atom stereocenters. The van der Waals surface area contributed by atoms with Crippen molar-refractivity contribution >= 4 is 28.1 Å². The Labute approximate surface area is 138 Å². The minimum Gasteiger partial charge on any atom is -0.351 e. The summed E-state index contributed by atoms with van der Waals surface area (Å²) < 4.78 is 1.93. The average Bonchev–Trinajstić information content (AvgIpc) is 3.25. The third-order valence-corrected chi connectivity index (χ3v) is 4.10. The molecular formula is C16H17N5OS. The van der Waals surface area contributed by atoms with Gasteiger partial charge in [0.15, 0.2) is 5.13 Å². The molecule has 0 aliphatic carbocycles. The van der Waals surface area contributed by atoms with Gasteiger partial charge in [0, 0.05) is 30.3 Å². The van der Waals surface area contributed by atoms with Crippen LogP contribution in [-0.4, -0.2) is 27.0 Å². The van der Waals surface area contributed by atoms with Crippen molar-refractivity contribution in [1.29, 1.82) is 0 Å². The molecule has 2 N–H and O–H groups in total. The Hall–Kier alpha value is -2.67. The van der Waals surface area contributed by atoms with Gasteiger partial charge < -0.3 is 15.2 Å². The highest BCUT2D eigenvalue weighted by molar-refractivity contribution is 7.17. The lowest BCUT2D eigenvalue weighted by atomic mass is 10.3. The van der Waals surface area contributed by atoms with E-state index < -0.39 is 0 Å². The first-order chi connectivity index (χ1) is 11.3. The fourth-order valence-electron chi connectivity index (χ4n) is 2.01. The maximum Gasteiger partial charge on any atom is 0.263 e. The standard InChI is InChI=1S/C16H17N5OS/c1-2-7-18-15(22)14-10-19-16(23-14)20-12-3-5-13(6-4-12)21-9-8-17-11-21/h3-6,8-11H,2,7H2,1H3,(H,18,22)(H,19,20). The Morgan fingerprint density at radius 2 is 2.13 bits per heavy atom. The summed E-state index contributed by atoms with van der Waals surface area (Å²) in [6, 6.07) is 7.92. The van der Waals surface area contributed by atoms with Crippen LogP contribution in [0.1, 0.15) is 23.0 Å². The van der Waals surface area contributed by atoms with Gasteiger partial charge in [-0.2, -0.15) is 0 Å². The number of anilines is 2. The van der Waals surface area contributed by atoms with Crippen LogP contribution in [0.3, 0.4) is 0 Å². The van der Waals surface area contributed by atoms with E-state index in [1.807, 2.05) is 42.0 Å². The Kier molecular flexibility index (Phi) is 4.68. The summed E-state index contributed by atoms with van der Waals surface area (Å²) in [6.07, 6.45) is 7.90. The number of hydrogen-bond donors (Lipinski definition) is 2. The Bertz CT molecular complexity index is 764. The minimum atomic E-state index is -0.0761. The summed E-state index contributed by atoms with van der Waals surface area (Å²) in [5.41, 5.74) is 1.95. The molecule has 2 heterocycles. The van der Waals surface area contributed by atoms with Gasteiger partial charge in [0.05, 0.1) is 12.5 Å². The van der Waals surface area contributed by atoms with Crippen molar-refractivity contribution in [3.8, 4) is 5.69 Å². The minimum absolute atomic E-state index is 0.0761. The van der Waals surface area contributed by atoms with Crippen molar-refractivity contribution in [2.75, 3.05) is 11.9 Å². The van der Waals surface area contributed by atoms with Gasteiger partial charge in [0.1, 0.15) is 4.88 Å². The predicted molar refractivity (Wildman–Crippen MR) is 91.6 cm³/mol. The van der Waals surface area contributed by atoms with Crippen LogP contribution in [0.15, 0.2) is 49.2 Å². The first-order valence-corrected chi connectivity index (χ1v) is 8.17. The van der Waals surface area contributed by atoms with Gasteiger partial charge >= 0.3 is 0 Å². The zero-order valence-electron chi connectivity index (χ0n) is 12.7. The monoisotopic (exact) mass is 327 g/mol. The van der Waals surface area contributed by atoms with Gasteiger partial charge in [-0.1, -0.05) is 18.3 Å². The molecule has 0 saturated heterocycles. The number of carbonyl (C=O) groups is 1. The summed E-state index contributed by atoms with van der Waals surface area (Å²) in [7, 11) is 0. The highest BCUT2D eigenvalue weighted by Crippen LogP contribution is 2.23. The van der Waals surface area contributed by atoms with Crippen LogP contribution in [0, 0.1) is 0 Å². The fraction of sp³-hybridized carbons (Fsp3) is 0.188. The van der Waals surface area contributed by atoms with Gasteiger partial charge in [-0.25, -0.2) is 9.97 Å². The van der Waals surface area contributed by atoms with Crippen molar-refractivity contribution in [2.45, 2.75) is 13.3 Å². The van der Waals surface area contributed by atoms with E-state index in [4.69, 9.17) is 0 Å². The van der Waals surface area contributed by atoms with E-state index in [2.05, 4.69) is 20.6 Å². The molecule has 2 aromatic heterocycles. The van der Waals surface area contributed by atoms with E-state index >= 15 is 0 Å². The van der Waals surface area contributed by atoms with Crippen LogP contribution in [0.5, 0.6) is 0 Å². The SMILES string of the molecule is CCCNC(=O)c1cnc(Nc2ccc(-n3ccnc3)cc2)s1. The quantitative estimate of drug-likeness (QED) is 0.729. The molecule has 1 aromatic carbocycles. The molecule has 0 radical (unpaired) electrons. The highest BCUT2D eigenvalue weighted by atomic mass is 32.1. The zero-order valence-corrected chi connectivity index (χ0v) is 13.5. The molecular weight excluding hydrogens is 310 g/mol. The van der Waals surface area contributed by atoms with E-state index in [0.717, 1.165) is 17.8 Å². The number of nitrogens with one attached hydrogen (secondary N) is 2. The van der Waals surface area contributed by atoms with Crippen molar-refractivity contribution in [3.05, 3.63) is 54.1 Å². The van der Waals surface area contributed by atoms with Crippen LogP contribution in [-0.2, 0) is 0 Å². The lowest BCUT2D eigenvalue weighted by molar-refractivity contribution is 0.0957. The lowest BCUT2D eigenvalue weighted by Gasteiger charge is -2.05. The number of nitrogens with zero attached hydrogens (tertiary/aromatic N) is 3. The summed E-state index contributed by atoms with van der Waals surface area (Å²) in [6.45, 7) is 2.70. The van der Waals surface area contributed by atoms with E-state index in [9.17, 15) is 4.79 Å². The van der Waals surface area contributed by atoms with Crippen molar-refractivity contribution < 1.29 is 4.79 Å². The molecule has 0 aliphatic rings. The number of carbonyl (C=O) groups excluding carboxylic acids is 1. The van der Waals surface area contributed by atoms with E-state index in [0.29, 0.717) is 16.6 Å². The Balaban J connectivity index is 1.65. The summed E-state index contributed by atoms with van der Waals surface area (Å²) >= 11 is 1.34. The Morgan fingerprint density at radius 1 is 1.30 bits per heavy atom. The number of aromatic nitrogens is 3. The van der Waals surface area contributed by atoms with Gasteiger partial charge in [0.2, 0.25) is 0 Å². The van der Waals surface area contributed by atoms with Crippen molar-refractivity contribution in [2.24, 2.45) is 0 Å². The Morgan fingerprint density at radius 3 is 2.83 bits per heavy atom. The van der Waals surface area contributed by atoms with E-state index in [1.54, 1.807) is 18.7 Å². The molecule has 0 aliphatic heterocycles. The number of hydrogen-bond acceptors (Lipinski definition) is 5. The molecule has 1 amide bonds. The molecule has 0 bridgehead atoms. The van der Waals surface area contributed by atoms with Gasteiger partial charge in [-0.3, -0.25) is 4.79 Å². The van der Waals surface area contributed by atoms with E-state index in [-0.39, 0.29) is 5.91 Å². The fourth-order valence-corrected chi connectivity index (χ4v) is 2.77. The topological polar surface area (TPSA) is 71.8 Å². The first-order valence-electron chi connectivity index (χ1n) is 7.35. The normalized spacial score (nSPS) is 10.5. The maximum atomic E-state index is 11.9. The number of benzene rings is 1. The van der Waals surface area contributed by atoms with Crippen LogP contribution in [0.4, 0.5) is 10.8 Å². The maximum absolute atomic E-state index is 11.9. The molecule has 6 nitrogen and oxygen atoms in total. The highest BCUT2D eigenvalue weighted by Gasteiger charge is 2.09. The second kappa shape index (κ2) is 7.06. The number of imidazole rings is 1. The lowest BCUT2D eigenvalue weighted by Crippen LogP contribution is -2.22. The molecule has 7 heteroatoms. The molecule has 0 unspecified atom stereocenters. The average molecular weight is 327 g/mol. The molecule has 3 rings (SSSR count). The first kappa shape index (κ1) is 15.2. The third-order valence-electron chi connectivity index (χ3n) is 3.19. The smallest absolute Gasteiger partial charge is 0.263 e. The second-order valence-corrected chi connectivity index (χ2v) is 5.96. The van der Waals surface area contributed by atoms with Crippen LogP contribution < -0.4 is 10.6 Å². The zero-order chi connectivity index (χ0) is 16.1. The van der Waals surface area contributed by atoms with Gasteiger partial charge in [0.25, 0.3) is 5.91 Å². The largest absolute Gasteiger partial charge is 0.351 e. The third kappa shape index (κ3) is 3.75. The number of rotatable bonds is 6. The molecule has 0 fully saturated rings. The van der Waals surface area contributed by atoms with Crippen LogP contribution >= 0.6 is 11.3 Å². The number of thiazole rings is 1. The summed E-state index contributed by atoms with van der Waals surface area (Å²) in [5, 5.41) is 6.75.